The number of benzene rings is 2. The standard InChI is InChI=1S/C23H27ClN2O/c1-3-5-13-25-22(27)14-19(17-10-6-7-12-21(17)24)20-15-26-23-16(4-2)9-8-11-18(20)23/h6-12,15,19,26H,3-5,13-14H2,1-2H3,(H,25,27). The molecule has 0 fully saturated rings. The summed E-state index contributed by atoms with van der Waals surface area (Å²) in [5, 5.41) is 4.91. The van der Waals surface area contributed by atoms with Crippen LogP contribution < -0.4 is 5.32 Å². The molecule has 3 rings (SSSR count). The number of amides is 1. The zero-order valence-corrected chi connectivity index (χ0v) is 16.8. The number of hydrogen-bond acceptors (Lipinski definition) is 1. The molecule has 0 spiro atoms. The van der Waals surface area contributed by atoms with Crippen molar-refractivity contribution in [2.24, 2.45) is 0 Å². The third-order valence-corrected chi connectivity index (χ3v) is 5.46. The Hall–Kier alpha value is -2.26. The Balaban J connectivity index is 2.00. The van der Waals surface area contributed by atoms with E-state index in [1.54, 1.807) is 0 Å². The first-order chi connectivity index (χ1) is 13.2. The van der Waals surface area contributed by atoms with Crippen LogP contribution in [-0.4, -0.2) is 17.4 Å². The Morgan fingerprint density at radius 3 is 2.67 bits per heavy atom. The van der Waals surface area contributed by atoms with Crippen LogP contribution in [0, 0.1) is 0 Å². The highest BCUT2D eigenvalue weighted by Crippen LogP contribution is 2.37. The Morgan fingerprint density at radius 1 is 1.11 bits per heavy atom. The average molecular weight is 383 g/mol. The van der Waals surface area contributed by atoms with Gasteiger partial charge in [-0.1, -0.05) is 68.3 Å². The molecule has 142 valence electrons. The Bertz CT molecular complexity index is 916. The number of carbonyl (C=O) groups excluding carboxylic acids is 1. The molecule has 0 saturated carbocycles. The van der Waals surface area contributed by atoms with Crippen LogP contribution in [0.3, 0.4) is 0 Å². The molecule has 2 N–H and O–H groups in total. The summed E-state index contributed by atoms with van der Waals surface area (Å²) in [5.41, 5.74) is 4.55. The molecule has 3 aromatic rings. The molecule has 0 radical (unpaired) electrons. The summed E-state index contributed by atoms with van der Waals surface area (Å²) >= 11 is 6.51. The van der Waals surface area contributed by atoms with E-state index in [2.05, 4.69) is 42.3 Å². The molecule has 0 saturated heterocycles. The highest BCUT2D eigenvalue weighted by Gasteiger charge is 2.23. The summed E-state index contributed by atoms with van der Waals surface area (Å²) in [4.78, 5) is 16.0. The van der Waals surface area contributed by atoms with Gasteiger partial charge in [0.05, 0.1) is 0 Å². The van der Waals surface area contributed by atoms with E-state index in [1.807, 2.05) is 30.5 Å². The Morgan fingerprint density at radius 2 is 1.93 bits per heavy atom. The SMILES string of the molecule is CCCCNC(=O)CC(c1ccccc1Cl)c1c[nH]c2c(CC)cccc12. The maximum atomic E-state index is 12.6. The van der Waals surface area contributed by atoms with Gasteiger partial charge >= 0.3 is 0 Å². The maximum Gasteiger partial charge on any atom is 0.220 e. The third-order valence-electron chi connectivity index (χ3n) is 5.11. The van der Waals surface area contributed by atoms with Gasteiger partial charge in [0.1, 0.15) is 0 Å². The van der Waals surface area contributed by atoms with E-state index in [0.29, 0.717) is 11.4 Å². The van der Waals surface area contributed by atoms with Crippen molar-refractivity contribution in [1.82, 2.24) is 10.3 Å². The number of H-pyrrole nitrogens is 1. The third kappa shape index (κ3) is 4.36. The first kappa shape index (κ1) is 19.5. The monoisotopic (exact) mass is 382 g/mol. The van der Waals surface area contributed by atoms with Gasteiger partial charge in [-0.15, -0.1) is 0 Å². The smallest absolute Gasteiger partial charge is 0.220 e. The lowest BCUT2D eigenvalue weighted by molar-refractivity contribution is -0.121. The molecule has 1 heterocycles. The number of aryl methyl sites for hydroxylation is 1. The molecule has 0 aliphatic rings. The number of para-hydroxylation sites is 1. The molecule has 3 nitrogen and oxygen atoms in total. The molecule has 2 aromatic carbocycles. The number of aromatic nitrogens is 1. The van der Waals surface area contributed by atoms with Gasteiger partial charge in [-0.3, -0.25) is 4.79 Å². The molecule has 0 aliphatic heterocycles. The van der Waals surface area contributed by atoms with Crippen LogP contribution >= 0.6 is 11.6 Å². The largest absolute Gasteiger partial charge is 0.361 e. The quantitative estimate of drug-likeness (QED) is 0.473. The van der Waals surface area contributed by atoms with Gasteiger partial charge in [0, 0.05) is 41.0 Å². The second-order valence-electron chi connectivity index (χ2n) is 6.92. The van der Waals surface area contributed by atoms with E-state index in [9.17, 15) is 4.79 Å². The van der Waals surface area contributed by atoms with Crippen molar-refractivity contribution in [1.29, 1.82) is 0 Å². The summed E-state index contributed by atoms with van der Waals surface area (Å²) in [7, 11) is 0. The zero-order chi connectivity index (χ0) is 19.2. The van der Waals surface area contributed by atoms with E-state index >= 15 is 0 Å². The second kappa shape index (κ2) is 9.09. The van der Waals surface area contributed by atoms with Crippen molar-refractivity contribution in [3.05, 3.63) is 70.4 Å². The number of fused-ring (bicyclic) bond motifs is 1. The van der Waals surface area contributed by atoms with Crippen LogP contribution in [0.1, 0.15) is 55.7 Å². The number of rotatable bonds is 8. The molecule has 4 heteroatoms. The van der Waals surface area contributed by atoms with Crippen molar-refractivity contribution in [2.75, 3.05) is 6.54 Å². The Labute approximate surface area is 166 Å². The molecule has 1 amide bonds. The van der Waals surface area contributed by atoms with Crippen molar-refractivity contribution in [3.63, 3.8) is 0 Å². The fraction of sp³-hybridized carbons (Fsp3) is 0.348. The van der Waals surface area contributed by atoms with Gasteiger partial charge in [-0.05, 0) is 35.6 Å². The molecule has 0 aliphatic carbocycles. The van der Waals surface area contributed by atoms with Gasteiger partial charge in [0.15, 0.2) is 0 Å². The van der Waals surface area contributed by atoms with Crippen molar-refractivity contribution < 1.29 is 4.79 Å². The minimum Gasteiger partial charge on any atom is -0.361 e. The van der Waals surface area contributed by atoms with Gasteiger partial charge in [0.25, 0.3) is 0 Å². The minimum absolute atomic E-state index is 0.0642. The number of hydrogen-bond donors (Lipinski definition) is 2. The molecule has 0 bridgehead atoms. The van der Waals surface area contributed by atoms with Crippen LogP contribution in [0.25, 0.3) is 10.9 Å². The molecule has 1 unspecified atom stereocenters. The predicted molar refractivity (Wildman–Crippen MR) is 114 cm³/mol. The normalized spacial score (nSPS) is 12.3. The summed E-state index contributed by atoms with van der Waals surface area (Å²) < 4.78 is 0. The van der Waals surface area contributed by atoms with E-state index in [0.717, 1.165) is 42.5 Å². The highest BCUT2D eigenvalue weighted by atomic mass is 35.5. The highest BCUT2D eigenvalue weighted by molar-refractivity contribution is 6.31. The van der Waals surface area contributed by atoms with Crippen LogP contribution in [0.4, 0.5) is 0 Å². The Kier molecular flexibility index (Phi) is 6.57. The summed E-state index contributed by atoms with van der Waals surface area (Å²) in [6.45, 7) is 5.00. The van der Waals surface area contributed by atoms with Gasteiger partial charge < -0.3 is 10.3 Å². The van der Waals surface area contributed by atoms with Crippen LogP contribution in [0.5, 0.6) is 0 Å². The van der Waals surface area contributed by atoms with Crippen LogP contribution in [0.2, 0.25) is 5.02 Å². The van der Waals surface area contributed by atoms with Crippen molar-refractivity contribution >= 4 is 28.4 Å². The zero-order valence-electron chi connectivity index (χ0n) is 16.0. The fourth-order valence-electron chi connectivity index (χ4n) is 3.63. The number of nitrogens with one attached hydrogen (secondary N) is 2. The maximum absolute atomic E-state index is 12.6. The van der Waals surface area contributed by atoms with Crippen molar-refractivity contribution in [3.8, 4) is 0 Å². The molecule has 1 atom stereocenters. The second-order valence-corrected chi connectivity index (χ2v) is 7.33. The summed E-state index contributed by atoms with van der Waals surface area (Å²) in [6.07, 6.45) is 5.45. The number of unbranched alkanes of at least 4 members (excludes halogenated alkanes) is 1. The van der Waals surface area contributed by atoms with E-state index < -0.39 is 0 Å². The predicted octanol–water partition coefficient (Wildman–Crippen LogP) is 5.82. The van der Waals surface area contributed by atoms with Gasteiger partial charge in [0.2, 0.25) is 5.91 Å². The van der Waals surface area contributed by atoms with Gasteiger partial charge in [-0.25, -0.2) is 0 Å². The van der Waals surface area contributed by atoms with Gasteiger partial charge in [-0.2, -0.15) is 0 Å². The molecular weight excluding hydrogens is 356 g/mol. The average Bonchev–Trinajstić information content (AvgIpc) is 3.11. The number of carbonyl (C=O) groups is 1. The van der Waals surface area contributed by atoms with Crippen LogP contribution in [-0.2, 0) is 11.2 Å². The summed E-state index contributed by atoms with van der Waals surface area (Å²) in [5.74, 6) is -0.0180. The fourth-order valence-corrected chi connectivity index (χ4v) is 3.90. The number of aromatic amines is 1. The first-order valence-corrected chi connectivity index (χ1v) is 10.1. The van der Waals surface area contributed by atoms with E-state index in [1.165, 1.54) is 10.9 Å². The molecule has 27 heavy (non-hydrogen) atoms. The lowest BCUT2D eigenvalue weighted by Crippen LogP contribution is -2.26. The van der Waals surface area contributed by atoms with E-state index in [4.69, 9.17) is 11.6 Å². The lowest BCUT2D eigenvalue weighted by Gasteiger charge is -2.18. The van der Waals surface area contributed by atoms with E-state index in [-0.39, 0.29) is 11.8 Å². The first-order valence-electron chi connectivity index (χ1n) is 9.75. The van der Waals surface area contributed by atoms with Crippen LogP contribution in [0.15, 0.2) is 48.7 Å². The number of halogens is 1. The molecule has 1 aromatic heterocycles. The topological polar surface area (TPSA) is 44.9 Å². The minimum atomic E-state index is -0.0822. The lowest BCUT2D eigenvalue weighted by atomic mass is 9.87. The molecular formula is C23H27ClN2O. The van der Waals surface area contributed by atoms with Crippen molar-refractivity contribution in [2.45, 2.75) is 45.4 Å². The summed E-state index contributed by atoms with van der Waals surface area (Å²) in [6, 6.07) is 14.2.